The maximum absolute atomic E-state index is 13.1. The van der Waals surface area contributed by atoms with Gasteiger partial charge in [-0.15, -0.1) is 0 Å². The summed E-state index contributed by atoms with van der Waals surface area (Å²) in [5.74, 6) is 0. The van der Waals surface area contributed by atoms with Crippen LogP contribution in [-0.4, -0.2) is 43.8 Å². The van der Waals surface area contributed by atoms with Gasteiger partial charge in [-0.2, -0.15) is 0 Å². The number of amides is 1. The van der Waals surface area contributed by atoms with Gasteiger partial charge in [-0.25, -0.2) is 9.18 Å². The third kappa shape index (κ3) is 5.83. The normalized spacial score (nSPS) is 11.2. The van der Waals surface area contributed by atoms with Gasteiger partial charge >= 0.3 is 6.09 Å². The fourth-order valence-corrected chi connectivity index (χ4v) is 2.29. The molecule has 1 aromatic rings. The number of ether oxygens (including phenoxy) is 1. The van der Waals surface area contributed by atoms with Crippen LogP contribution in [0.5, 0.6) is 0 Å². The summed E-state index contributed by atoms with van der Waals surface area (Å²) in [7, 11) is 3.57. The largest absolute Gasteiger partial charge is 0.444 e. The number of rotatable bonds is 5. The van der Waals surface area contributed by atoms with Crippen LogP contribution in [0.3, 0.4) is 0 Å². The lowest BCUT2D eigenvalue weighted by molar-refractivity contribution is 0.0303. The third-order valence-electron chi connectivity index (χ3n) is 3.07. The number of carbonyl (C=O) groups excluding carboxylic acids is 1. The van der Waals surface area contributed by atoms with E-state index in [-0.39, 0.29) is 6.09 Å². The van der Waals surface area contributed by atoms with Crippen molar-refractivity contribution in [3.05, 3.63) is 28.2 Å². The summed E-state index contributed by atoms with van der Waals surface area (Å²) in [5, 5.41) is 0. The molecule has 0 heterocycles. The molecule has 4 nitrogen and oxygen atoms in total. The van der Waals surface area contributed by atoms with Crippen molar-refractivity contribution in [2.75, 3.05) is 32.1 Å². The number of halogens is 2. The minimum absolute atomic E-state index is 0.359. The smallest absolute Gasteiger partial charge is 0.410 e. The lowest BCUT2D eigenvalue weighted by Gasteiger charge is -2.27. The van der Waals surface area contributed by atoms with E-state index < -0.39 is 12.3 Å². The molecule has 22 heavy (non-hydrogen) atoms. The molecule has 6 heteroatoms. The summed E-state index contributed by atoms with van der Waals surface area (Å²) in [6.07, 6.45) is -0.359. The van der Waals surface area contributed by atoms with Gasteiger partial charge in [0, 0.05) is 42.9 Å². The SMILES string of the molecule is CN(CCN(C)c1ccc(Br)cc1CF)C(=O)OC(C)(C)C. The highest BCUT2D eigenvalue weighted by Crippen LogP contribution is 2.24. The molecule has 0 radical (unpaired) electrons. The topological polar surface area (TPSA) is 32.8 Å². The van der Waals surface area contributed by atoms with Crippen molar-refractivity contribution in [2.45, 2.75) is 33.0 Å². The van der Waals surface area contributed by atoms with Crippen LogP contribution >= 0.6 is 15.9 Å². The van der Waals surface area contributed by atoms with E-state index >= 15 is 0 Å². The number of nitrogens with zero attached hydrogens (tertiary/aromatic N) is 2. The first kappa shape index (κ1) is 18.7. The van der Waals surface area contributed by atoms with Crippen LogP contribution in [0, 0.1) is 0 Å². The van der Waals surface area contributed by atoms with E-state index in [0.717, 1.165) is 10.2 Å². The van der Waals surface area contributed by atoms with E-state index in [4.69, 9.17) is 4.74 Å². The van der Waals surface area contributed by atoms with Gasteiger partial charge in [0.15, 0.2) is 0 Å². The minimum atomic E-state index is -0.527. The van der Waals surface area contributed by atoms with Gasteiger partial charge < -0.3 is 14.5 Å². The Balaban J connectivity index is 2.62. The molecule has 0 atom stereocenters. The molecule has 1 amide bonds. The van der Waals surface area contributed by atoms with Crippen molar-refractivity contribution in [2.24, 2.45) is 0 Å². The van der Waals surface area contributed by atoms with Crippen LogP contribution < -0.4 is 4.90 Å². The summed E-state index contributed by atoms with van der Waals surface area (Å²) in [6.45, 7) is 6.05. The zero-order valence-electron chi connectivity index (χ0n) is 13.8. The quantitative estimate of drug-likeness (QED) is 0.773. The van der Waals surface area contributed by atoms with E-state index in [1.54, 1.807) is 13.1 Å². The molecule has 0 aliphatic rings. The molecule has 0 aromatic heterocycles. The molecule has 1 aromatic carbocycles. The summed E-state index contributed by atoms with van der Waals surface area (Å²) < 4.78 is 19.3. The molecule has 0 N–H and O–H groups in total. The number of benzene rings is 1. The number of likely N-dealkylation sites (N-methyl/N-ethyl adjacent to an activating group) is 2. The van der Waals surface area contributed by atoms with Crippen molar-refractivity contribution >= 4 is 27.7 Å². The molecular formula is C16H24BrFN2O2. The monoisotopic (exact) mass is 374 g/mol. The zero-order valence-corrected chi connectivity index (χ0v) is 15.4. The first-order valence-corrected chi connectivity index (χ1v) is 7.93. The molecule has 0 aliphatic carbocycles. The maximum Gasteiger partial charge on any atom is 0.410 e. The fourth-order valence-electron chi connectivity index (χ4n) is 1.89. The molecule has 0 unspecified atom stereocenters. The summed E-state index contributed by atoms with van der Waals surface area (Å²) in [5.41, 5.74) is 0.935. The standard InChI is InChI=1S/C16H24BrFN2O2/c1-16(2,3)22-15(21)20(5)9-8-19(4)14-7-6-13(17)10-12(14)11-18/h6-7,10H,8-9,11H2,1-5H3. The lowest BCUT2D eigenvalue weighted by Crippen LogP contribution is -2.38. The Morgan fingerprint density at radius 3 is 2.45 bits per heavy atom. The Labute approximate surface area is 140 Å². The second-order valence-electron chi connectivity index (χ2n) is 6.23. The van der Waals surface area contributed by atoms with Gasteiger partial charge in [0.25, 0.3) is 0 Å². The van der Waals surface area contributed by atoms with Gasteiger partial charge in [-0.3, -0.25) is 0 Å². The highest BCUT2D eigenvalue weighted by atomic mass is 79.9. The van der Waals surface area contributed by atoms with E-state index in [1.807, 2.05) is 44.9 Å². The molecule has 0 aliphatic heterocycles. The molecule has 1 rings (SSSR count). The van der Waals surface area contributed by atoms with Gasteiger partial charge in [0.2, 0.25) is 0 Å². The molecule has 124 valence electrons. The van der Waals surface area contributed by atoms with Crippen LogP contribution in [-0.2, 0) is 11.4 Å². The number of carbonyl (C=O) groups is 1. The number of hydrogen-bond donors (Lipinski definition) is 0. The predicted molar refractivity (Wildman–Crippen MR) is 91.1 cm³/mol. The van der Waals surface area contributed by atoms with Crippen LogP contribution in [0.2, 0.25) is 0 Å². The van der Waals surface area contributed by atoms with Gasteiger partial charge in [0.05, 0.1) is 0 Å². The molecule has 0 saturated carbocycles. The molecule has 0 fully saturated rings. The predicted octanol–water partition coefficient (Wildman–Crippen LogP) is 4.22. The number of alkyl halides is 1. The van der Waals surface area contributed by atoms with Crippen LogP contribution in [0.1, 0.15) is 26.3 Å². The maximum atomic E-state index is 13.1. The van der Waals surface area contributed by atoms with Crippen molar-refractivity contribution in [1.29, 1.82) is 0 Å². The number of anilines is 1. The van der Waals surface area contributed by atoms with Crippen LogP contribution in [0.4, 0.5) is 14.9 Å². The Hall–Kier alpha value is -1.30. The number of hydrogen-bond acceptors (Lipinski definition) is 3. The molecule has 0 saturated heterocycles. The third-order valence-corrected chi connectivity index (χ3v) is 3.57. The first-order valence-electron chi connectivity index (χ1n) is 7.13. The average molecular weight is 375 g/mol. The molecule has 0 bridgehead atoms. The van der Waals surface area contributed by atoms with Crippen LogP contribution in [0.25, 0.3) is 0 Å². The van der Waals surface area contributed by atoms with Crippen molar-refractivity contribution < 1.29 is 13.9 Å². The van der Waals surface area contributed by atoms with Crippen LogP contribution in [0.15, 0.2) is 22.7 Å². The second kappa shape index (κ2) is 7.81. The van der Waals surface area contributed by atoms with Gasteiger partial charge in [-0.1, -0.05) is 15.9 Å². The lowest BCUT2D eigenvalue weighted by atomic mass is 10.2. The minimum Gasteiger partial charge on any atom is -0.444 e. The fraction of sp³-hybridized carbons (Fsp3) is 0.562. The Morgan fingerprint density at radius 1 is 1.27 bits per heavy atom. The summed E-state index contributed by atoms with van der Waals surface area (Å²) in [4.78, 5) is 15.4. The van der Waals surface area contributed by atoms with E-state index in [0.29, 0.717) is 18.7 Å². The van der Waals surface area contributed by atoms with E-state index in [9.17, 15) is 9.18 Å². The van der Waals surface area contributed by atoms with E-state index in [2.05, 4.69) is 15.9 Å². The van der Waals surface area contributed by atoms with E-state index in [1.165, 1.54) is 4.90 Å². The summed E-state index contributed by atoms with van der Waals surface area (Å²) in [6, 6.07) is 5.51. The van der Waals surface area contributed by atoms with Gasteiger partial charge in [-0.05, 0) is 39.0 Å². The van der Waals surface area contributed by atoms with Crippen molar-refractivity contribution in [3.63, 3.8) is 0 Å². The van der Waals surface area contributed by atoms with Crippen molar-refractivity contribution in [3.8, 4) is 0 Å². The zero-order chi connectivity index (χ0) is 16.9. The Morgan fingerprint density at radius 2 is 1.91 bits per heavy atom. The average Bonchev–Trinajstić information content (AvgIpc) is 2.42. The van der Waals surface area contributed by atoms with Crippen molar-refractivity contribution in [1.82, 2.24) is 4.90 Å². The highest BCUT2D eigenvalue weighted by Gasteiger charge is 2.19. The molecule has 0 spiro atoms. The Kier molecular flexibility index (Phi) is 6.66. The highest BCUT2D eigenvalue weighted by molar-refractivity contribution is 9.10. The first-order chi connectivity index (χ1) is 10.1. The van der Waals surface area contributed by atoms with Gasteiger partial charge in [0.1, 0.15) is 12.3 Å². The Bertz CT molecular complexity index is 517. The second-order valence-corrected chi connectivity index (χ2v) is 7.15. The summed E-state index contributed by atoms with van der Waals surface area (Å²) >= 11 is 3.34. The molecular weight excluding hydrogens is 351 g/mol.